The summed E-state index contributed by atoms with van der Waals surface area (Å²) in [5, 5.41) is -1.48. The summed E-state index contributed by atoms with van der Waals surface area (Å²) >= 11 is 0. The number of sulfone groups is 1. The van der Waals surface area contributed by atoms with E-state index in [1.54, 1.807) is 30.3 Å². The number of hydrogen-bond acceptors (Lipinski definition) is 3. The Morgan fingerprint density at radius 3 is 2.15 bits per heavy atom. The van der Waals surface area contributed by atoms with Gasteiger partial charge in [0.05, 0.1) is 11.3 Å². The predicted octanol–water partition coefficient (Wildman–Crippen LogP) is 3.67. The van der Waals surface area contributed by atoms with Crippen molar-refractivity contribution in [3.63, 3.8) is 0 Å². The van der Waals surface area contributed by atoms with Gasteiger partial charge < -0.3 is 4.90 Å². The van der Waals surface area contributed by atoms with Gasteiger partial charge in [0.1, 0.15) is 5.25 Å². The summed E-state index contributed by atoms with van der Waals surface area (Å²) in [6, 6.07) is 12.9. The number of benzene rings is 2. The van der Waals surface area contributed by atoms with E-state index in [1.165, 1.54) is 31.0 Å². The second-order valence-corrected chi connectivity index (χ2v) is 8.16. The minimum Gasteiger partial charge on any atom is -0.314 e. The van der Waals surface area contributed by atoms with Gasteiger partial charge in [0.15, 0.2) is 9.84 Å². The molecular formula is C18H18F3NO3S. The monoisotopic (exact) mass is 385 g/mol. The van der Waals surface area contributed by atoms with Crippen LogP contribution in [0.2, 0.25) is 0 Å². The van der Waals surface area contributed by atoms with Crippen molar-refractivity contribution in [2.75, 3.05) is 11.9 Å². The van der Waals surface area contributed by atoms with Crippen molar-refractivity contribution in [1.82, 2.24) is 0 Å². The molecule has 2 rings (SSSR count). The minimum absolute atomic E-state index is 0.373. The lowest BCUT2D eigenvalue weighted by molar-refractivity contribution is -0.138. The average Bonchev–Trinajstić information content (AvgIpc) is 2.59. The molecule has 2 aromatic rings. The van der Waals surface area contributed by atoms with Crippen LogP contribution >= 0.6 is 0 Å². The van der Waals surface area contributed by atoms with Gasteiger partial charge in [-0.3, -0.25) is 4.79 Å². The first kappa shape index (κ1) is 20.0. The number of anilines is 1. The highest BCUT2D eigenvalue weighted by Crippen LogP contribution is 2.33. The zero-order chi connectivity index (χ0) is 19.5. The lowest BCUT2D eigenvalue weighted by Gasteiger charge is -2.22. The lowest BCUT2D eigenvalue weighted by Crippen LogP contribution is -2.40. The first-order valence-electron chi connectivity index (χ1n) is 7.73. The van der Waals surface area contributed by atoms with E-state index in [-0.39, 0.29) is 5.56 Å². The van der Waals surface area contributed by atoms with E-state index in [1.807, 2.05) is 0 Å². The summed E-state index contributed by atoms with van der Waals surface area (Å²) in [5.41, 5.74) is -0.892. The van der Waals surface area contributed by atoms with Crippen molar-refractivity contribution in [3.8, 4) is 0 Å². The standard InChI is InChI=1S/C18H18F3NO3S/c1-13(17(23)22(2)15-9-4-3-5-10-15)26(24,25)12-14-8-6-7-11-16(14)18(19,20)21/h3-11,13H,12H2,1-2H3/t13-/m0/s1. The fourth-order valence-corrected chi connectivity index (χ4v) is 3.87. The maximum absolute atomic E-state index is 13.1. The van der Waals surface area contributed by atoms with Gasteiger partial charge in [-0.15, -0.1) is 0 Å². The lowest BCUT2D eigenvalue weighted by atomic mass is 10.1. The Hall–Kier alpha value is -2.35. The first-order chi connectivity index (χ1) is 12.0. The van der Waals surface area contributed by atoms with E-state index in [2.05, 4.69) is 0 Å². The van der Waals surface area contributed by atoms with Crippen LogP contribution in [0.15, 0.2) is 54.6 Å². The molecule has 0 radical (unpaired) electrons. The van der Waals surface area contributed by atoms with Gasteiger partial charge >= 0.3 is 6.18 Å². The van der Waals surface area contributed by atoms with Crippen LogP contribution in [0.3, 0.4) is 0 Å². The quantitative estimate of drug-likeness (QED) is 0.789. The van der Waals surface area contributed by atoms with Gasteiger partial charge in [0, 0.05) is 12.7 Å². The molecule has 0 aliphatic carbocycles. The molecule has 0 heterocycles. The SMILES string of the molecule is C[C@@H](C(=O)N(C)c1ccccc1)S(=O)(=O)Cc1ccccc1C(F)(F)F. The van der Waals surface area contributed by atoms with E-state index in [0.29, 0.717) is 5.69 Å². The summed E-state index contributed by atoms with van der Waals surface area (Å²) in [6.07, 6.45) is -4.67. The highest BCUT2D eigenvalue weighted by Gasteiger charge is 2.36. The second-order valence-electron chi connectivity index (χ2n) is 5.84. The molecule has 26 heavy (non-hydrogen) atoms. The van der Waals surface area contributed by atoms with Gasteiger partial charge in [-0.25, -0.2) is 8.42 Å². The van der Waals surface area contributed by atoms with Gasteiger partial charge in [0.2, 0.25) is 5.91 Å². The van der Waals surface area contributed by atoms with E-state index < -0.39 is 38.5 Å². The van der Waals surface area contributed by atoms with Crippen molar-refractivity contribution < 1.29 is 26.4 Å². The summed E-state index contributed by atoms with van der Waals surface area (Å²) in [7, 11) is -2.72. The molecule has 0 fully saturated rings. The molecule has 0 aliphatic heterocycles. The third kappa shape index (κ3) is 4.43. The number of para-hydroxylation sites is 1. The van der Waals surface area contributed by atoms with Crippen molar-refractivity contribution >= 4 is 21.4 Å². The smallest absolute Gasteiger partial charge is 0.314 e. The zero-order valence-corrected chi connectivity index (χ0v) is 15.0. The largest absolute Gasteiger partial charge is 0.416 e. The molecule has 1 atom stereocenters. The van der Waals surface area contributed by atoms with Crippen LogP contribution in [0.4, 0.5) is 18.9 Å². The highest BCUT2D eigenvalue weighted by molar-refractivity contribution is 7.92. The van der Waals surface area contributed by atoms with E-state index in [4.69, 9.17) is 0 Å². The molecule has 0 saturated heterocycles. The van der Waals surface area contributed by atoms with Crippen molar-refractivity contribution in [3.05, 3.63) is 65.7 Å². The summed E-state index contributed by atoms with van der Waals surface area (Å²) in [6.45, 7) is 1.19. The van der Waals surface area contributed by atoms with Crippen LogP contribution in [-0.4, -0.2) is 26.6 Å². The molecule has 2 aromatic carbocycles. The Kier molecular flexibility index (Phi) is 5.75. The molecule has 0 unspecified atom stereocenters. The fraction of sp³-hybridized carbons (Fsp3) is 0.278. The third-order valence-corrected chi connectivity index (χ3v) is 6.03. The van der Waals surface area contributed by atoms with Gasteiger partial charge in [-0.05, 0) is 30.7 Å². The maximum Gasteiger partial charge on any atom is 0.416 e. The maximum atomic E-state index is 13.1. The van der Waals surface area contributed by atoms with Crippen LogP contribution in [0.25, 0.3) is 0 Å². The number of amides is 1. The van der Waals surface area contributed by atoms with Crippen molar-refractivity contribution in [2.24, 2.45) is 0 Å². The average molecular weight is 385 g/mol. The van der Waals surface area contributed by atoms with Crippen LogP contribution < -0.4 is 4.90 Å². The van der Waals surface area contributed by atoms with Crippen molar-refractivity contribution in [2.45, 2.75) is 24.1 Å². The summed E-state index contributed by atoms with van der Waals surface area (Å²) in [5.74, 6) is -1.57. The number of carbonyl (C=O) groups is 1. The number of halogens is 3. The molecule has 1 amide bonds. The van der Waals surface area contributed by atoms with E-state index in [9.17, 15) is 26.4 Å². The fourth-order valence-electron chi connectivity index (χ4n) is 2.47. The van der Waals surface area contributed by atoms with Crippen LogP contribution in [0.1, 0.15) is 18.1 Å². The molecule has 0 saturated carbocycles. The minimum atomic E-state index is -4.67. The normalized spacial score (nSPS) is 13.3. The topological polar surface area (TPSA) is 54.5 Å². The predicted molar refractivity (Wildman–Crippen MR) is 93.4 cm³/mol. The van der Waals surface area contributed by atoms with Gasteiger partial charge in [-0.2, -0.15) is 13.2 Å². The van der Waals surface area contributed by atoms with Gasteiger partial charge in [0.25, 0.3) is 0 Å². The summed E-state index contributed by atoms with van der Waals surface area (Å²) in [4.78, 5) is 13.7. The van der Waals surface area contributed by atoms with E-state index in [0.717, 1.165) is 12.1 Å². The Morgan fingerprint density at radius 1 is 1.04 bits per heavy atom. The second kappa shape index (κ2) is 7.49. The van der Waals surface area contributed by atoms with E-state index >= 15 is 0 Å². The van der Waals surface area contributed by atoms with Gasteiger partial charge in [-0.1, -0.05) is 36.4 Å². The number of hydrogen-bond donors (Lipinski definition) is 0. The molecule has 140 valence electrons. The molecule has 0 N–H and O–H groups in total. The molecule has 0 spiro atoms. The van der Waals surface area contributed by atoms with Crippen LogP contribution in [0, 0.1) is 0 Å². The number of nitrogens with zero attached hydrogens (tertiary/aromatic N) is 1. The zero-order valence-electron chi connectivity index (χ0n) is 14.2. The number of carbonyl (C=O) groups excluding carboxylic acids is 1. The summed E-state index contributed by atoms with van der Waals surface area (Å²) < 4.78 is 64.3. The first-order valence-corrected chi connectivity index (χ1v) is 9.45. The Balaban J connectivity index is 2.27. The Labute approximate surface area is 150 Å². The molecule has 0 bridgehead atoms. The third-order valence-electron chi connectivity index (χ3n) is 4.04. The molecule has 0 aromatic heterocycles. The van der Waals surface area contributed by atoms with Crippen molar-refractivity contribution in [1.29, 1.82) is 0 Å². The number of rotatable bonds is 5. The Morgan fingerprint density at radius 2 is 1.58 bits per heavy atom. The molecule has 8 heteroatoms. The highest BCUT2D eigenvalue weighted by atomic mass is 32.2. The Bertz CT molecular complexity index is 880. The number of alkyl halides is 3. The van der Waals surface area contributed by atoms with Crippen LogP contribution in [-0.2, 0) is 26.6 Å². The molecule has 4 nitrogen and oxygen atoms in total. The molecule has 0 aliphatic rings. The molecular weight excluding hydrogens is 367 g/mol. The van der Waals surface area contributed by atoms with Crippen LogP contribution in [0.5, 0.6) is 0 Å².